The van der Waals surface area contributed by atoms with Crippen molar-refractivity contribution in [1.82, 2.24) is 10.6 Å². The number of hydrogen-bond donors (Lipinski definition) is 3. The number of rotatable bonds is 30. The van der Waals surface area contributed by atoms with Crippen molar-refractivity contribution in [3.8, 4) is 0 Å². The fraction of sp³-hybridized carbons (Fsp3) is 0.862. The highest BCUT2D eigenvalue weighted by Gasteiger charge is 2.14. The number of ketones is 2. The lowest BCUT2D eigenvalue weighted by Gasteiger charge is -2.12. The van der Waals surface area contributed by atoms with Gasteiger partial charge >= 0.3 is 0 Å². The summed E-state index contributed by atoms with van der Waals surface area (Å²) in [5, 5.41) is 14.5. The molecule has 0 aliphatic carbocycles. The van der Waals surface area contributed by atoms with E-state index in [-0.39, 0.29) is 49.1 Å². The van der Waals surface area contributed by atoms with Gasteiger partial charge in [-0.05, 0) is 32.1 Å². The maximum absolute atomic E-state index is 11.8. The average Bonchev–Trinajstić information content (AvgIpc) is 2.95. The lowest BCUT2D eigenvalue weighted by molar-refractivity contribution is -0.127. The highest BCUT2D eigenvalue weighted by atomic mass is 16.5. The minimum atomic E-state index is -0.412. The third-order valence-corrected chi connectivity index (χ3v) is 6.22. The monoisotopic (exact) mass is 574 g/mol. The van der Waals surface area contributed by atoms with Crippen molar-refractivity contribution >= 4 is 23.4 Å². The largest absolute Gasteiger partial charge is 0.389 e. The maximum Gasteiger partial charge on any atom is 0.245 e. The van der Waals surface area contributed by atoms with Crippen LogP contribution in [-0.2, 0) is 38.1 Å². The van der Waals surface area contributed by atoms with Gasteiger partial charge in [0.05, 0.1) is 33.0 Å². The van der Waals surface area contributed by atoms with Crippen LogP contribution < -0.4 is 10.6 Å². The zero-order valence-electron chi connectivity index (χ0n) is 24.8. The van der Waals surface area contributed by atoms with Gasteiger partial charge in [0.25, 0.3) is 0 Å². The fourth-order valence-corrected chi connectivity index (χ4v) is 3.81. The Hall–Kier alpha value is -1.92. The van der Waals surface area contributed by atoms with Gasteiger partial charge in [-0.15, -0.1) is 0 Å². The molecule has 0 radical (unpaired) electrons. The fourth-order valence-electron chi connectivity index (χ4n) is 3.81. The summed E-state index contributed by atoms with van der Waals surface area (Å²) in [5.74, 6) is -0.376. The van der Waals surface area contributed by atoms with Gasteiger partial charge in [0.1, 0.15) is 19.8 Å². The van der Waals surface area contributed by atoms with Crippen LogP contribution in [0.5, 0.6) is 0 Å². The van der Waals surface area contributed by atoms with Gasteiger partial charge in [-0.2, -0.15) is 0 Å². The van der Waals surface area contributed by atoms with E-state index in [9.17, 15) is 19.2 Å². The van der Waals surface area contributed by atoms with Crippen LogP contribution in [0.1, 0.15) is 84.5 Å². The molecular formula is C29H54N2O9. The first-order chi connectivity index (χ1) is 19.4. The van der Waals surface area contributed by atoms with Crippen molar-refractivity contribution < 1.29 is 43.2 Å². The van der Waals surface area contributed by atoms with E-state index in [2.05, 4.69) is 17.6 Å². The van der Waals surface area contributed by atoms with Gasteiger partial charge < -0.3 is 34.7 Å². The van der Waals surface area contributed by atoms with Crippen LogP contribution in [0.4, 0.5) is 0 Å². The summed E-state index contributed by atoms with van der Waals surface area (Å²) in [6, 6.07) is 0. The van der Waals surface area contributed by atoms with Crippen LogP contribution in [0.3, 0.4) is 0 Å². The van der Waals surface area contributed by atoms with Gasteiger partial charge in [-0.25, -0.2) is 0 Å². The third kappa shape index (κ3) is 25.1. The summed E-state index contributed by atoms with van der Waals surface area (Å²) in [6.45, 7) is 6.80. The molecule has 0 unspecified atom stereocenters. The summed E-state index contributed by atoms with van der Waals surface area (Å²) in [5.41, 5.74) is 0. The van der Waals surface area contributed by atoms with Crippen molar-refractivity contribution in [3.05, 3.63) is 0 Å². The zero-order chi connectivity index (χ0) is 29.7. The summed E-state index contributed by atoms with van der Waals surface area (Å²) in [7, 11) is 0. The molecule has 0 heterocycles. The van der Waals surface area contributed by atoms with Crippen LogP contribution >= 0.6 is 0 Å². The van der Waals surface area contributed by atoms with E-state index in [1.807, 2.05) is 6.92 Å². The van der Waals surface area contributed by atoms with Gasteiger partial charge in [0.2, 0.25) is 11.8 Å². The first-order valence-electron chi connectivity index (χ1n) is 14.9. The topological polar surface area (TPSA) is 149 Å². The minimum Gasteiger partial charge on any atom is -0.389 e. The summed E-state index contributed by atoms with van der Waals surface area (Å²) < 4.78 is 21.4. The molecule has 40 heavy (non-hydrogen) atoms. The number of amides is 2. The van der Waals surface area contributed by atoms with E-state index in [0.717, 1.165) is 44.9 Å². The Balaban J connectivity index is 3.42. The molecule has 11 nitrogen and oxygen atoms in total. The van der Waals surface area contributed by atoms with E-state index in [0.29, 0.717) is 71.8 Å². The molecular weight excluding hydrogens is 520 g/mol. The Labute approximate surface area is 240 Å². The molecule has 0 rings (SSSR count). The van der Waals surface area contributed by atoms with E-state index in [4.69, 9.17) is 24.1 Å². The van der Waals surface area contributed by atoms with Crippen LogP contribution in [0.25, 0.3) is 0 Å². The molecule has 2 amide bonds. The van der Waals surface area contributed by atoms with Crippen LogP contribution in [0.15, 0.2) is 0 Å². The van der Waals surface area contributed by atoms with Crippen molar-refractivity contribution in [2.45, 2.75) is 84.5 Å². The Morgan fingerprint density at radius 1 is 0.650 bits per heavy atom. The smallest absolute Gasteiger partial charge is 0.245 e. The van der Waals surface area contributed by atoms with Gasteiger partial charge in [0, 0.05) is 38.5 Å². The molecule has 1 atom stereocenters. The molecule has 0 fully saturated rings. The lowest BCUT2D eigenvalue weighted by Crippen LogP contribution is -2.29. The number of carbonyl (C=O) groups excluding carboxylic acids is 4. The number of carbonyl (C=O) groups is 4. The second-order valence-electron chi connectivity index (χ2n) is 9.71. The standard InChI is InChI=1S/C29H54N2O9/c1-3-5-6-7-13-28(35)31-15-17-38-19-20-39-23-26(33)12-10-16-37-18-21-40-24-29(36)30-14-9-8-11-25(4-2)27(34)22-32/h25,32H,3-24H2,1-2H3,(H,30,36)(H,31,35)/t25-/m0/s1. The van der Waals surface area contributed by atoms with Crippen LogP contribution in [0, 0.1) is 5.92 Å². The lowest BCUT2D eigenvalue weighted by atomic mass is 9.95. The summed E-state index contributed by atoms with van der Waals surface area (Å²) in [4.78, 5) is 46.8. The molecule has 0 aromatic rings. The maximum atomic E-state index is 11.8. The highest BCUT2D eigenvalue weighted by Crippen LogP contribution is 2.13. The number of hydrogen-bond acceptors (Lipinski definition) is 9. The highest BCUT2D eigenvalue weighted by molar-refractivity contribution is 5.81. The molecule has 0 saturated carbocycles. The normalized spacial score (nSPS) is 11.8. The molecule has 3 N–H and O–H groups in total. The summed E-state index contributed by atoms with van der Waals surface area (Å²) in [6.07, 6.45) is 8.83. The van der Waals surface area contributed by atoms with E-state index in [1.165, 1.54) is 0 Å². The average molecular weight is 575 g/mol. The first kappa shape index (κ1) is 38.1. The zero-order valence-corrected chi connectivity index (χ0v) is 24.8. The van der Waals surface area contributed by atoms with E-state index >= 15 is 0 Å². The number of unbranched alkanes of at least 4 members (excludes halogenated alkanes) is 4. The van der Waals surface area contributed by atoms with Gasteiger partial charge in [-0.3, -0.25) is 19.2 Å². The number of nitrogens with one attached hydrogen (secondary N) is 2. The predicted molar refractivity (Wildman–Crippen MR) is 152 cm³/mol. The van der Waals surface area contributed by atoms with Crippen molar-refractivity contribution in [1.29, 1.82) is 0 Å². The molecule has 234 valence electrons. The minimum absolute atomic E-state index is 0.00271. The Morgan fingerprint density at radius 3 is 2.02 bits per heavy atom. The molecule has 0 aliphatic heterocycles. The second kappa shape index (κ2) is 28.6. The molecule has 0 saturated heterocycles. The predicted octanol–water partition coefficient (Wildman–Crippen LogP) is 2.36. The molecule has 0 spiro atoms. The molecule has 0 bridgehead atoms. The third-order valence-electron chi connectivity index (χ3n) is 6.22. The number of Topliss-reactive ketones (excluding diaryl/α,β-unsaturated/α-hetero) is 2. The Bertz CT molecular complexity index is 661. The Kier molecular flexibility index (Phi) is 27.2. The van der Waals surface area contributed by atoms with Gasteiger partial charge in [-0.1, -0.05) is 39.5 Å². The van der Waals surface area contributed by atoms with E-state index in [1.54, 1.807) is 0 Å². The summed E-state index contributed by atoms with van der Waals surface area (Å²) >= 11 is 0. The second-order valence-corrected chi connectivity index (χ2v) is 9.71. The molecule has 11 heteroatoms. The van der Waals surface area contributed by atoms with Crippen molar-refractivity contribution in [3.63, 3.8) is 0 Å². The van der Waals surface area contributed by atoms with Crippen molar-refractivity contribution in [2.75, 3.05) is 72.6 Å². The first-order valence-corrected chi connectivity index (χ1v) is 14.9. The molecule has 0 aromatic heterocycles. The number of aliphatic hydroxyl groups is 1. The van der Waals surface area contributed by atoms with Gasteiger partial charge in [0.15, 0.2) is 11.6 Å². The quantitative estimate of drug-likeness (QED) is 0.110. The SMILES string of the molecule is CCCCCCC(=O)NCCOCCOCC(=O)CCCOCCOCC(=O)NCCCC[C@H](CC)C(=O)CO. The van der Waals surface area contributed by atoms with E-state index < -0.39 is 6.61 Å². The molecule has 0 aromatic carbocycles. The van der Waals surface area contributed by atoms with Crippen LogP contribution in [0.2, 0.25) is 0 Å². The number of aliphatic hydroxyl groups excluding tert-OH is 1. The molecule has 0 aliphatic rings. The Morgan fingerprint density at radius 2 is 1.32 bits per heavy atom. The van der Waals surface area contributed by atoms with Crippen molar-refractivity contribution in [2.24, 2.45) is 5.92 Å². The number of ether oxygens (including phenoxy) is 4. The van der Waals surface area contributed by atoms with Crippen LogP contribution in [-0.4, -0.2) is 101 Å².